The minimum Gasteiger partial charge on any atom is -0.450 e. The molecule has 0 aromatic carbocycles. The first-order chi connectivity index (χ1) is 14.0. The second kappa shape index (κ2) is 6.64. The van der Waals surface area contributed by atoms with Gasteiger partial charge in [0.1, 0.15) is 0 Å². The second-order valence-corrected chi connectivity index (χ2v) is 11.0. The van der Waals surface area contributed by atoms with Gasteiger partial charge in [-0.25, -0.2) is 0 Å². The normalized spacial score (nSPS) is 47.1. The summed E-state index contributed by atoms with van der Waals surface area (Å²) in [5.74, 6) is 0.584. The summed E-state index contributed by atoms with van der Waals surface area (Å²) in [6.45, 7) is 12.4. The van der Waals surface area contributed by atoms with E-state index in [-0.39, 0.29) is 46.1 Å². The quantitative estimate of drug-likeness (QED) is 0.597. The van der Waals surface area contributed by atoms with Gasteiger partial charge in [-0.1, -0.05) is 46.3 Å². The van der Waals surface area contributed by atoms with Crippen LogP contribution in [0.4, 0.5) is 0 Å². The van der Waals surface area contributed by atoms with E-state index in [0.717, 1.165) is 32.1 Å². The third kappa shape index (κ3) is 2.42. The highest BCUT2D eigenvalue weighted by Crippen LogP contribution is 2.73. The fourth-order valence-corrected chi connectivity index (χ4v) is 8.15. The fourth-order valence-electron chi connectivity index (χ4n) is 8.15. The lowest BCUT2D eigenvalue weighted by molar-refractivity contribution is -0.198. The van der Waals surface area contributed by atoms with Crippen LogP contribution in [-0.2, 0) is 19.1 Å². The molecule has 0 aromatic heterocycles. The van der Waals surface area contributed by atoms with Gasteiger partial charge in [-0.05, 0) is 68.4 Å². The van der Waals surface area contributed by atoms with Crippen molar-refractivity contribution in [2.75, 3.05) is 0 Å². The van der Waals surface area contributed by atoms with E-state index in [1.165, 1.54) is 5.57 Å². The van der Waals surface area contributed by atoms with Crippen LogP contribution < -0.4 is 0 Å². The number of ketones is 2. The van der Waals surface area contributed by atoms with Crippen LogP contribution in [0.25, 0.3) is 0 Å². The highest BCUT2D eigenvalue weighted by Gasteiger charge is 2.72. The zero-order chi connectivity index (χ0) is 22.1. The van der Waals surface area contributed by atoms with Crippen LogP contribution in [-0.4, -0.2) is 23.1 Å². The summed E-state index contributed by atoms with van der Waals surface area (Å²) in [6.07, 6.45) is 10.7. The molecule has 0 amide bonds. The molecule has 0 spiro atoms. The average molecular weight is 413 g/mol. The standard InChI is InChI=1S/C26H36O4/c1-7-22(29)30-26(17(3)27)16(2)14-21-20-9-8-18-15-19(28)10-11-23(18,4)24(20,5)12-13-25(21,26)6/h10-11,15-16,20-21H,7-9,12-14H2,1-6H3. The van der Waals surface area contributed by atoms with Crippen molar-refractivity contribution in [3.05, 3.63) is 23.8 Å². The van der Waals surface area contributed by atoms with Gasteiger partial charge in [0.2, 0.25) is 0 Å². The molecule has 0 heterocycles. The fraction of sp³-hybridized carbons (Fsp3) is 0.731. The van der Waals surface area contributed by atoms with Crippen LogP contribution in [0.5, 0.6) is 0 Å². The number of carbonyl (C=O) groups is 3. The number of esters is 1. The van der Waals surface area contributed by atoms with E-state index in [0.29, 0.717) is 11.8 Å². The van der Waals surface area contributed by atoms with Crippen molar-refractivity contribution in [3.63, 3.8) is 0 Å². The SMILES string of the molecule is CCC(=O)OC1(C(C)=O)C(C)CC2C3CCC4=CC(=O)C=CC4(C)C3(C)CCC21C. The molecular formula is C26H36O4. The first kappa shape index (κ1) is 21.5. The topological polar surface area (TPSA) is 60.4 Å². The largest absolute Gasteiger partial charge is 0.450 e. The summed E-state index contributed by atoms with van der Waals surface area (Å²) >= 11 is 0. The maximum atomic E-state index is 13.1. The molecule has 4 nitrogen and oxygen atoms in total. The van der Waals surface area contributed by atoms with Crippen LogP contribution in [0.2, 0.25) is 0 Å². The number of rotatable bonds is 3. The first-order valence-corrected chi connectivity index (χ1v) is 11.6. The van der Waals surface area contributed by atoms with E-state index < -0.39 is 5.60 Å². The summed E-state index contributed by atoms with van der Waals surface area (Å²) in [5.41, 5.74) is -0.213. The van der Waals surface area contributed by atoms with Gasteiger partial charge in [0, 0.05) is 23.2 Å². The molecule has 0 N–H and O–H groups in total. The predicted octanol–water partition coefficient (Wildman–Crippen LogP) is 5.21. The van der Waals surface area contributed by atoms with Crippen molar-refractivity contribution in [2.45, 2.75) is 85.7 Å². The Morgan fingerprint density at radius 3 is 2.43 bits per heavy atom. The number of hydrogen-bond acceptors (Lipinski definition) is 4. The van der Waals surface area contributed by atoms with Crippen molar-refractivity contribution in [1.29, 1.82) is 0 Å². The highest BCUT2D eigenvalue weighted by atomic mass is 16.6. The van der Waals surface area contributed by atoms with Gasteiger partial charge in [-0.15, -0.1) is 0 Å². The van der Waals surface area contributed by atoms with Crippen molar-refractivity contribution < 1.29 is 19.1 Å². The van der Waals surface area contributed by atoms with Gasteiger partial charge in [-0.2, -0.15) is 0 Å². The van der Waals surface area contributed by atoms with Crippen molar-refractivity contribution in [1.82, 2.24) is 0 Å². The molecule has 3 saturated carbocycles. The molecule has 0 bridgehead atoms. The van der Waals surface area contributed by atoms with Gasteiger partial charge in [-0.3, -0.25) is 14.4 Å². The lowest BCUT2D eigenvalue weighted by Crippen LogP contribution is -2.62. The Bertz CT molecular complexity index is 868. The smallest absolute Gasteiger partial charge is 0.306 e. The number of Topliss-reactive ketones (excluding diaryl/α,β-unsaturated/α-hetero) is 1. The van der Waals surface area contributed by atoms with E-state index in [1.54, 1.807) is 19.9 Å². The lowest BCUT2D eigenvalue weighted by Gasteiger charge is -2.64. The Kier molecular flexibility index (Phi) is 4.76. The monoisotopic (exact) mass is 412 g/mol. The van der Waals surface area contributed by atoms with Crippen molar-refractivity contribution >= 4 is 17.5 Å². The van der Waals surface area contributed by atoms with E-state index in [4.69, 9.17) is 4.74 Å². The Morgan fingerprint density at radius 1 is 1.13 bits per heavy atom. The minimum absolute atomic E-state index is 0.00355. The van der Waals surface area contributed by atoms with Gasteiger partial charge in [0.25, 0.3) is 0 Å². The molecule has 3 fully saturated rings. The molecule has 4 rings (SSSR count). The Morgan fingerprint density at radius 2 is 1.80 bits per heavy atom. The minimum atomic E-state index is -1.03. The van der Waals surface area contributed by atoms with Crippen LogP contribution >= 0.6 is 0 Å². The van der Waals surface area contributed by atoms with Gasteiger partial charge in [0.15, 0.2) is 17.2 Å². The Balaban J connectivity index is 1.79. The van der Waals surface area contributed by atoms with Crippen molar-refractivity contribution in [3.8, 4) is 0 Å². The molecule has 4 aliphatic carbocycles. The molecule has 7 unspecified atom stereocenters. The van der Waals surface area contributed by atoms with E-state index in [9.17, 15) is 14.4 Å². The van der Waals surface area contributed by atoms with Crippen LogP contribution in [0, 0.1) is 34.0 Å². The van der Waals surface area contributed by atoms with Gasteiger partial charge >= 0.3 is 5.97 Å². The zero-order valence-corrected chi connectivity index (χ0v) is 19.3. The van der Waals surface area contributed by atoms with Crippen LogP contribution in [0.1, 0.15) is 80.1 Å². The first-order valence-electron chi connectivity index (χ1n) is 11.6. The van der Waals surface area contributed by atoms with Crippen LogP contribution in [0.15, 0.2) is 23.8 Å². The summed E-state index contributed by atoms with van der Waals surface area (Å²) in [4.78, 5) is 37.6. The number of ether oxygens (including phenoxy) is 1. The average Bonchev–Trinajstić information content (AvgIpc) is 2.91. The number of allylic oxidation sites excluding steroid dienone is 4. The molecule has 7 atom stereocenters. The Hall–Kier alpha value is -1.71. The number of carbonyl (C=O) groups excluding carboxylic acids is 3. The number of hydrogen-bond donors (Lipinski definition) is 0. The summed E-state index contributed by atoms with van der Waals surface area (Å²) in [7, 11) is 0. The third-order valence-corrected chi connectivity index (χ3v) is 10.00. The molecular weight excluding hydrogens is 376 g/mol. The lowest BCUT2D eigenvalue weighted by atomic mass is 9.40. The molecule has 0 radical (unpaired) electrons. The van der Waals surface area contributed by atoms with Gasteiger partial charge < -0.3 is 4.74 Å². The van der Waals surface area contributed by atoms with Gasteiger partial charge in [0.05, 0.1) is 0 Å². The zero-order valence-electron chi connectivity index (χ0n) is 19.3. The van der Waals surface area contributed by atoms with Crippen molar-refractivity contribution in [2.24, 2.45) is 34.0 Å². The maximum absolute atomic E-state index is 13.1. The summed E-state index contributed by atoms with van der Waals surface area (Å²) in [5, 5.41) is 0. The van der Waals surface area contributed by atoms with E-state index in [2.05, 4.69) is 33.8 Å². The predicted molar refractivity (Wildman–Crippen MR) is 116 cm³/mol. The van der Waals surface area contributed by atoms with E-state index >= 15 is 0 Å². The number of fused-ring (bicyclic) bond motifs is 5. The Labute approximate surface area is 180 Å². The third-order valence-electron chi connectivity index (χ3n) is 10.00. The molecule has 0 aromatic rings. The van der Waals surface area contributed by atoms with E-state index in [1.807, 2.05) is 6.08 Å². The molecule has 0 aliphatic heterocycles. The second-order valence-electron chi connectivity index (χ2n) is 11.0. The molecule has 4 heteroatoms. The summed E-state index contributed by atoms with van der Waals surface area (Å²) < 4.78 is 6.09. The molecule has 30 heavy (non-hydrogen) atoms. The summed E-state index contributed by atoms with van der Waals surface area (Å²) in [6, 6.07) is 0. The molecule has 4 aliphatic rings. The van der Waals surface area contributed by atoms with Crippen LogP contribution in [0.3, 0.4) is 0 Å². The molecule has 164 valence electrons. The maximum Gasteiger partial charge on any atom is 0.306 e. The molecule has 0 saturated heterocycles. The highest BCUT2D eigenvalue weighted by molar-refractivity contribution is 6.01.